The number of rotatable bonds is 12. The molecule has 0 spiro atoms. The number of hydrogen-bond acceptors (Lipinski definition) is 5. The molecule has 2 aromatic carbocycles. The number of thiocarbonyl (C=S) groups is 1. The molecular weight excluding hydrogens is 498 g/mol. The first kappa shape index (κ1) is 27.1. The van der Waals surface area contributed by atoms with E-state index >= 15 is 0 Å². The predicted octanol–water partition coefficient (Wildman–Crippen LogP) is 7.75. The molecule has 1 aliphatic rings. The van der Waals surface area contributed by atoms with Gasteiger partial charge in [-0.2, -0.15) is 5.10 Å². The van der Waals surface area contributed by atoms with Gasteiger partial charge >= 0.3 is 0 Å². The fourth-order valence-corrected chi connectivity index (χ4v) is 5.60. The van der Waals surface area contributed by atoms with Gasteiger partial charge in [-0.25, -0.2) is 4.68 Å². The summed E-state index contributed by atoms with van der Waals surface area (Å²) in [4.78, 5) is 15.9. The lowest BCUT2D eigenvalue weighted by molar-refractivity contribution is -0.122. The van der Waals surface area contributed by atoms with Crippen molar-refractivity contribution in [3.05, 3.63) is 71.3 Å². The molecule has 1 aromatic heterocycles. The third-order valence-electron chi connectivity index (χ3n) is 6.51. The van der Waals surface area contributed by atoms with E-state index in [1.165, 1.54) is 18.2 Å². The van der Waals surface area contributed by atoms with Crippen LogP contribution in [0.25, 0.3) is 23.0 Å². The van der Waals surface area contributed by atoms with Crippen LogP contribution < -0.4 is 4.74 Å². The Kier molecular flexibility index (Phi) is 9.58. The zero-order valence-corrected chi connectivity index (χ0v) is 23.5. The van der Waals surface area contributed by atoms with Crippen molar-refractivity contribution in [3.8, 4) is 22.7 Å². The fourth-order valence-electron chi connectivity index (χ4n) is 4.33. The maximum atomic E-state index is 13.4. The number of ether oxygens (including phenoxy) is 1. The van der Waals surface area contributed by atoms with Crippen LogP contribution in [0.1, 0.15) is 58.4 Å². The molecule has 1 saturated heterocycles. The molecule has 1 atom stereocenters. The Balaban J connectivity index is 1.65. The second-order valence-corrected chi connectivity index (χ2v) is 11.0. The van der Waals surface area contributed by atoms with Crippen molar-refractivity contribution in [2.75, 3.05) is 13.2 Å². The van der Waals surface area contributed by atoms with Crippen molar-refractivity contribution in [2.45, 2.75) is 52.9 Å². The van der Waals surface area contributed by atoms with E-state index in [-0.39, 0.29) is 5.91 Å². The van der Waals surface area contributed by atoms with Crippen LogP contribution in [0.2, 0.25) is 0 Å². The van der Waals surface area contributed by atoms with Gasteiger partial charge in [0.1, 0.15) is 10.1 Å². The van der Waals surface area contributed by atoms with E-state index in [4.69, 9.17) is 22.1 Å². The Labute approximate surface area is 229 Å². The zero-order valence-electron chi connectivity index (χ0n) is 21.9. The van der Waals surface area contributed by atoms with E-state index in [2.05, 4.69) is 20.8 Å². The zero-order chi connectivity index (χ0) is 26.2. The number of hydrogen-bond donors (Lipinski definition) is 0. The largest absolute Gasteiger partial charge is 0.494 e. The Morgan fingerprint density at radius 2 is 1.81 bits per heavy atom. The van der Waals surface area contributed by atoms with Gasteiger partial charge < -0.3 is 4.74 Å². The van der Waals surface area contributed by atoms with Crippen molar-refractivity contribution in [1.29, 1.82) is 0 Å². The molecule has 37 heavy (non-hydrogen) atoms. The lowest BCUT2D eigenvalue weighted by atomic mass is 9.99. The van der Waals surface area contributed by atoms with Gasteiger partial charge in [0.25, 0.3) is 5.91 Å². The second-order valence-electron chi connectivity index (χ2n) is 9.29. The van der Waals surface area contributed by atoms with E-state index in [1.807, 2.05) is 71.6 Å². The lowest BCUT2D eigenvalue weighted by Crippen LogP contribution is -2.33. The fraction of sp³-hybridized carbons (Fsp3) is 0.367. The van der Waals surface area contributed by atoms with Crippen LogP contribution in [0.3, 0.4) is 0 Å². The quantitative estimate of drug-likeness (QED) is 0.176. The summed E-state index contributed by atoms with van der Waals surface area (Å²) in [6, 6.07) is 18.0. The lowest BCUT2D eigenvalue weighted by Gasteiger charge is -2.21. The summed E-state index contributed by atoms with van der Waals surface area (Å²) in [5, 5.41) is 4.91. The first-order valence-electron chi connectivity index (χ1n) is 13.2. The third kappa shape index (κ3) is 6.70. The number of thioether (sulfide) groups is 1. The topological polar surface area (TPSA) is 47.4 Å². The van der Waals surface area contributed by atoms with E-state index in [1.54, 1.807) is 4.90 Å². The molecule has 5 nitrogen and oxygen atoms in total. The molecular formula is C30H35N3O2S2. The summed E-state index contributed by atoms with van der Waals surface area (Å²) in [6.07, 6.45) is 9.38. The molecule has 1 aliphatic heterocycles. The van der Waals surface area contributed by atoms with Gasteiger partial charge in [-0.05, 0) is 61.2 Å². The molecule has 7 heteroatoms. The van der Waals surface area contributed by atoms with Gasteiger partial charge in [0.2, 0.25) is 0 Å². The maximum absolute atomic E-state index is 13.4. The van der Waals surface area contributed by atoms with Gasteiger partial charge in [-0.3, -0.25) is 9.69 Å². The van der Waals surface area contributed by atoms with Crippen molar-refractivity contribution < 1.29 is 9.53 Å². The first-order valence-corrected chi connectivity index (χ1v) is 14.4. The van der Waals surface area contributed by atoms with Crippen molar-refractivity contribution in [2.24, 2.45) is 5.92 Å². The average Bonchev–Trinajstić information content (AvgIpc) is 3.46. The molecule has 0 saturated carbocycles. The number of nitrogens with zero attached hydrogens (tertiary/aromatic N) is 3. The number of aromatic nitrogens is 2. The van der Waals surface area contributed by atoms with Gasteiger partial charge in [0.05, 0.1) is 22.9 Å². The smallest absolute Gasteiger partial charge is 0.266 e. The molecule has 0 bridgehead atoms. The summed E-state index contributed by atoms with van der Waals surface area (Å²) in [5.41, 5.74) is 3.61. The molecule has 1 fully saturated rings. The number of unbranched alkanes of at least 4 members (excludes halogenated alkanes) is 1. The Morgan fingerprint density at radius 1 is 1.05 bits per heavy atom. The number of amides is 1. The highest BCUT2D eigenvalue weighted by Crippen LogP contribution is 2.36. The molecule has 194 valence electrons. The second kappa shape index (κ2) is 13.1. The van der Waals surface area contributed by atoms with Crippen LogP contribution >= 0.6 is 24.0 Å². The Bertz CT molecular complexity index is 1240. The number of para-hydroxylation sites is 1. The molecule has 1 amide bonds. The van der Waals surface area contributed by atoms with Crippen molar-refractivity contribution >= 4 is 40.3 Å². The van der Waals surface area contributed by atoms with Crippen LogP contribution in [-0.4, -0.2) is 38.1 Å². The minimum Gasteiger partial charge on any atom is -0.494 e. The monoisotopic (exact) mass is 533 g/mol. The van der Waals surface area contributed by atoms with E-state index in [0.717, 1.165) is 53.9 Å². The maximum Gasteiger partial charge on any atom is 0.266 e. The van der Waals surface area contributed by atoms with E-state index < -0.39 is 0 Å². The molecule has 0 aliphatic carbocycles. The van der Waals surface area contributed by atoms with Crippen LogP contribution in [0, 0.1) is 5.92 Å². The summed E-state index contributed by atoms with van der Waals surface area (Å²) in [5.74, 6) is 1.29. The van der Waals surface area contributed by atoms with Crippen LogP contribution in [0.15, 0.2) is 65.7 Å². The first-order chi connectivity index (χ1) is 18.0. The molecule has 0 N–H and O–H groups in total. The highest BCUT2D eigenvalue weighted by molar-refractivity contribution is 8.26. The predicted molar refractivity (Wildman–Crippen MR) is 158 cm³/mol. The third-order valence-corrected chi connectivity index (χ3v) is 7.89. The average molecular weight is 534 g/mol. The van der Waals surface area contributed by atoms with Crippen molar-refractivity contribution in [1.82, 2.24) is 14.7 Å². The van der Waals surface area contributed by atoms with Gasteiger partial charge in [-0.1, -0.05) is 82.2 Å². The molecule has 4 rings (SSSR count). The SMILES string of the molecule is CCCCC(CC)CN1C(=O)/C(=C/c2cn(-c3ccccc3)nc2-c2ccc(OCCC)cc2)SC1=S. The normalized spacial score (nSPS) is 15.5. The number of benzene rings is 2. The number of carbonyl (C=O) groups excluding carboxylic acids is 1. The highest BCUT2D eigenvalue weighted by Gasteiger charge is 2.33. The molecule has 3 aromatic rings. The van der Waals surface area contributed by atoms with Gasteiger partial charge in [0.15, 0.2) is 0 Å². The summed E-state index contributed by atoms with van der Waals surface area (Å²) < 4.78 is 8.26. The number of carbonyl (C=O) groups is 1. The summed E-state index contributed by atoms with van der Waals surface area (Å²) in [6.45, 7) is 7.86. The van der Waals surface area contributed by atoms with E-state index in [0.29, 0.717) is 28.3 Å². The van der Waals surface area contributed by atoms with Crippen molar-refractivity contribution in [3.63, 3.8) is 0 Å². The van der Waals surface area contributed by atoms with Crippen LogP contribution in [0.5, 0.6) is 5.75 Å². The molecule has 0 radical (unpaired) electrons. The standard InChI is InChI=1S/C30H35N3O2S2/c1-4-7-11-22(6-3)20-32-29(34)27(37-30(32)36)19-24-21-33(25-12-9-8-10-13-25)31-28(24)23-14-16-26(17-15-23)35-18-5-2/h8-10,12-17,19,21-22H,4-7,11,18,20H2,1-3H3/b27-19-. The summed E-state index contributed by atoms with van der Waals surface area (Å²) >= 11 is 7.02. The van der Waals surface area contributed by atoms with E-state index in [9.17, 15) is 4.79 Å². The van der Waals surface area contributed by atoms with Gasteiger partial charge in [0, 0.05) is 23.9 Å². The Morgan fingerprint density at radius 3 is 2.49 bits per heavy atom. The molecule has 2 heterocycles. The summed E-state index contributed by atoms with van der Waals surface area (Å²) in [7, 11) is 0. The minimum absolute atomic E-state index is 0.00771. The Hall–Kier alpha value is -2.90. The highest BCUT2D eigenvalue weighted by atomic mass is 32.2. The minimum atomic E-state index is -0.00771. The molecule has 1 unspecified atom stereocenters. The van der Waals surface area contributed by atoms with Gasteiger partial charge in [-0.15, -0.1) is 0 Å². The van der Waals surface area contributed by atoms with Crippen LogP contribution in [-0.2, 0) is 4.79 Å². The van der Waals surface area contributed by atoms with Crippen LogP contribution in [0.4, 0.5) is 0 Å².